The van der Waals surface area contributed by atoms with Crippen molar-refractivity contribution in [1.29, 1.82) is 0 Å². The highest BCUT2D eigenvalue weighted by Gasteiger charge is 2.26. The molecule has 1 fully saturated rings. The first-order chi connectivity index (χ1) is 14.1. The molecule has 0 radical (unpaired) electrons. The minimum Gasteiger partial charge on any atom is -0.356 e. The van der Waals surface area contributed by atoms with Gasteiger partial charge in [-0.05, 0) is 50.1 Å². The molecule has 1 aromatic heterocycles. The van der Waals surface area contributed by atoms with Crippen molar-refractivity contribution in [3.63, 3.8) is 0 Å². The van der Waals surface area contributed by atoms with E-state index in [2.05, 4.69) is 61.2 Å². The van der Waals surface area contributed by atoms with Gasteiger partial charge in [0.15, 0.2) is 0 Å². The van der Waals surface area contributed by atoms with Crippen molar-refractivity contribution in [2.75, 3.05) is 23.3 Å². The van der Waals surface area contributed by atoms with E-state index in [1.165, 1.54) is 5.56 Å². The monoisotopic (exact) mass is 450 g/mol. The Hall–Kier alpha value is -2.73. The van der Waals surface area contributed by atoms with E-state index in [1.54, 1.807) is 6.33 Å². The van der Waals surface area contributed by atoms with Gasteiger partial charge in [-0.3, -0.25) is 4.79 Å². The van der Waals surface area contributed by atoms with Crippen LogP contribution < -0.4 is 10.2 Å². The number of hydrogen-bond donors (Lipinski definition) is 1. The fourth-order valence-electron chi connectivity index (χ4n) is 3.63. The Morgan fingerprint density at radius 1 is 1.07 bits per heavy atom. The Kier molecular flexibility index (Phi) is 5.90. The van der Waals surface area contributed by atoms with E-state index in [0.29, 0.717) is 0 Å². The van der Waals surface area contributed by atoms with Crippen LogP contribution in [-0.4, -0.2) is 29.0 Å². The number of carbonyl (C=O) groups excluding carboxylic acids is 1. The average molecular weight is 451 g/mol. The summed E-state index contributed by atoms with van der Waals surface area (Å²) in [5.41, 5.74) is 4.06. The van der Waals surface area contributed by atoms with Crippen molar-refractivity contribution in [2.24, 2.45) is 5.92 Å². The van der Waals surface area contributed by atoms with E-state index in [9.17, 15) is 4.79 Å². The second-order valence-corrected chi connectivity index (χ2v) is 8.30. The van der Waals surface area contributed by atoms with E-state index in [0.717, 1.165) is 53.2 Å². The van der Waals surface area contributed by atoms with Gasteiger partial charge in [-0.25, -0.2) is 9.97 Å². The third kappa shape index (κ3) is 4.82. The number of piperidine rings is 1. The lowest BCUT2D eigenvalue weighted by Gasteiger charge is -2.32. The quantitative estimate of drug-likeness (QED) is 0.602. The molecule has 0 spiro atoms. The largest absolute Gasteiger partial charge is 0.356 e. The lowest BCUT2D eigenvalue weighted by atomic mass is 9.95. The molecule has 3 aromatic rings. The molecule has 1 aliphatic heterocycles. The zero-order valence-electron chi connectivity index (χ0n) is 16.3. The lowest BCUT2D eigenvalue weighted by Crippen LogP contribution is -2.38. The molecule has 1 N–H and O–H groups in total. The third-order valence-electron chi connectivity index (χ3n) is 5.27. The molecular formula is C23H23BrN4O. The van der Waals surface area contributed by atoms with Crippen LogP contribution in [0.25, 0.3) is 11.3 Å². The van der Waals surface area contributed by atoms with Gasteiger partial charge in [-0.2, -0.15) is 0 Å². The van der Waals surface area contributed by atoms with Crippen LogP contribution in [0.3, 0.4) is 0 Å². The van der Waals surface area contributed by atoms with Gasteiger partial charge in [0.2, 0.25) is 5.91 Å². The molecule has 2 aromatic carbocycles. The summed E-state index contributed by atoms with van der Waals surface area (Å²) >= 11 is 3.41. The van der Waals surface area contributed by atoms with Crippen LogP contribution in [0.15, 0.2) is 65.4 Å². The highest BCUT2D eigenvalue weighted by molar-refractivity contribution is 9.10. The Bertz CT molecular complexity index is 998. The number of nitrogens with zero attached hydrogens (tertiary/aromatic N) is 3. The van der Waals surface area contributed by atoms with Gasteiger partial charge in [0.05, 0.1) is 5.69 Å². The summed E-state index contributed by atoms with van der Waals surface area (Å²) < 4.78 is 0.999. The topological polar surface area (TPSA) is 58.1 Å². The molecule has 1 amide bonds. The highest BCUT2D eigenvalue weighted by atomic mass is 79.9. The SMILES string of the molecule is Cc1cccc(-c2cc(N3CCC(C(=O)Nc4ccc(Br)cc4)CC3)ncn2)c1. The molecular weight excluding hydrogens is 428 g/mol. The molecule has 0 unspecified atom stereocenters. The summed E-state index contributed by atoms with van der Waals surface area (Å²) in [6.07, 6.45) is 3.25. The molecule has 5 nitrogen and oxygen atoms in total. The minimum absolute atomic E-state index is 0.0213. The second-order valence-electron chi connectivity index (χ2n) is 7.39. The predicted molar refractivity (Wildman–Crippen MR) is 120 cm³/mol. The molecule has 148 valence electrons. The fraction of sp³-hybridized carbons (Fsp3) is 0.261. The normalized spacial score (nSPS) is 14.6. The number of anilines is 2. The number of amides is 1. The van der Waals surface area contributed by atoms with Crippen molar-refractivity contribution >= 4 is 33.3 Å². The zero-order chi connectivity index (χ0) is 20.2. The maximum Gasteiger partial charge on any atom is 0.227 e. The number of halogens is 1. The second kappa shape index (κ2) is 8.74. The van der Waals surface area contributed by atoms with E-state index in [-0.39, 0.29) is 11.8 Å². The van der Waals surface area contributed by atoms with Crippen LogP contribution in [0.4, 0.5) is 11.5 Å². The average Bonchev–Trinajstić information content (AvgIpc) is 2.75. The number of aryl methyl sites for hydroxylation is 1. The van der Waals surface area contributed by atoms with Crippen molar-refractivity contribution in [3.05, 3.63) is 71.0 Å². The Morgan fingerprint density at radius 2 is 1.83 bits per heavy atom. The third-order valence-corrected chi connectivity index (χ3v) is 5.80. The van der Waals surface area contributed by atoms with Crippen LogP contribution >= 0.6 is 15.9 Å². The summed E-state index contributed by atoms with van der Waals surface area (Å²) in [7, 11) is 0. The van der Waals surface area contributed by atoms with Gasteiger partial charge in [-0.15, -0.1) is 0 Å². The van der Waals surface area contributed by atoms with E-state index >= 15 is 0 Å². The first-order valence-electron chi connectivity index (χ1n) is 9.79. The van der Waals surface area contributed by atoms with Crippen LogP contribution in [0.1, 0.15) is 18.4 Å². The van der Waals surface area contributed by atoms with Gasteiger partial charge in [0, 0.05) is 40.8 Å². The molecule has 4 rings (SSSR count). The van der Waals surface area contributed by atoms with E-state index in [4.69, 9.17) is 0 Å². The van der Waals surface area contributed by atoms with Crippen molar-refractivity contribution in [1.82, 2.24) is 9.97 Å². The Morgan fingerprint density at radius 3 is 2.55 bits per heavy atom. The van der Waals surface area contributed by atoms with Crippen molar-refractivity contribution in [3.8, 4) is 11.3 Å². The summed E-state index contributed by atoms with van der Waals surface area (Å²) in [5.74, 6) is 1.03. The lowest BCUT2D eigenvalue weighted by molar-refractivity contribution is -0.120. The highest BCUT2D eigenvalue weighted by Crippen LogP contribution is 2.26. The van der Waals surface area contributed by atoms with Gasteiger partial charge in [-0.1, -0.05) is 39.7 Å². The minimum atomic E-state index is 0.0213. The molecule has 1 aliphatic rings. The predicted octanol–water partition coefficient (Wildman–Crippen LogP) is 5.07. The van der Waals surface area contributed by atoms with Crippen LogP contribution in [-0.2, 0) is 4.79 Å². The molecule has 0 atom stereocenters. The van der Waals surface area contributed by atoms with Crippen LogP contribution in [0.5, 0.6) is 0 Å². The summed E-state index contributed by atoms with van der Waals surface area (Å²) in [4.78, 5) is 23.7. The van der Waals surface area contributed by atoms with Crippen LogP contribution in [0, 0.1) is 12.8 Å². The molecule has 29 heavy (non-hydrogen) atoms. The number of carbonyl (C=O) groups is 1. The molecule has 0 saturated carbocycles. The van der Waals surface area contributed by atoms with Crippen LogP contribution in [0.2, 0.25) is 0 Å². The number of rotatable bonds is 4. The molecule has 6 heteroatoms. The zero-order valence-corrected chi connectivity index (χ0v) is 17.9. The fourth-order valence-corrected chi connectivity index (χ4v) is 3.89. The number of aromatic nitrogens is 2. The number of benzene rings is 2. The number of hydrogen-bond acceptors (Lipinski definition) is 4. The smallest absolute Gasteiger partial charge is 0.227 e. The first kappa shape index (κ1) is 19.6. The molecule has 0 bridgehead atoms. The maximum absolute atomic E-state index is 12.6. The Labute approximate surface area is 179 Å². The van der Waals surface area contributed by atoms with Crippen molar-refractivity contribution in [2.45, 2.75) is 19.8 Å². The van der Waals surface area contributed by atoms with Gasteiger partial charge in [0.25, 0.3) is 0 Å². The van der Waals surface area contributed by atoms with Gasteiger partial charge in [0.1, 0.15) is 12.1 Å². The standard InChI is InChI=1S/C23H23BrN4O/c1-16-3-2-4-18(13-16)21-14-22(26-15-25-21)28-11-9-17(10-12-28)23(29)27-20-7-5-19(24)6-8-20/h2-8,13-15,17H,9-12H2,1H3,(H,27,29). The Balaban J connectivity index is 1.39. The molecule has 1 saturated heterocycles. The van der Waals surface area contributed by atoms with Gasteiger partial charge < -0.3 is 10.2 Å². The van der Waals surface area contributed by atoms with E-state index < -0.39 is 0 Å². The molecule has 2 heterocycles. The maximum atomic E-state index is 12.6. The van der Waals surface area contributed by atoms with Gasteiger partial charge >= 0.3 is 0 Å². The van der Waals surface area contributed by atoms with E-state index in [1.807, 2.05) is 36.4 Å². The summed E-state index contributed by atoms with van der Waals surface area (Å²) in [6.45, 7) is 3.70. The first-order valence-corrected chi connectivity index (χ1v) is 10.6. The van der Waals surface area contributed by atoms with Crippen molar-refractivity contribution < 1.29 is 4.79 Å². The molecule has 0 aliphatic carbocycles. The number of nitrogens with one attached hydrogen (secondary N) is 1. The summed E-state index contributed by atoms with van der Waals surface area (Å²) in [6, 6.07) is 18.0. The summed E-state index contributed by atoms with van der Waals surface area (Å²) in [5, 5.41) is 3.03.